The largest absolute Gasteiger partial charge is 0.507 e. The average molecular weight is 469 g/mol. The summed E-state index contributed by atoms with van der Waals surface area (Å²) in [6.07, 6.45) is 0. The molecule has 0 aliphatic carbocycles. The number of hydrogen-bond acceptors (Lipinski definition) is 4. The standard InChI is InChI=1S/C27H17ClN2O4/c28-21-14-23-22(29-25(26(32)30-23)17-4-3-5-18(12-17)27(33)34)13-20(21)16-10-8-15(9-11-16)19-6-1-2-7-24(19)31/h1-14,31H,(H,30,32)(H,33,34). The fraction of sp³-hybridized carbons (Fsp3) is 0. The van der Waals surface area contributed by atoms with Crippen molar-refractivity contribution in [3.63, 3.8) is 0 Å². The fourth-order valence-electron chi connectivity index (χ4n) is 3.87. The summed E-state index contributed by atoms with van der Waals surface area (Å²) in [6.45, 7) is 0. The number of rotatable bonds is 4. The number of carboxylic acids is 1. The zero-order valence-electron chi connectivity index (χ0n) is 17.6. The molecule has 0 aliphatic heterocycles. The van der Waals surface area contributed by atoms with E-state index in [1.165, 1.54) is 12.1 Å². The Morgan fingerprint density at radius 2 is 1.53 bits per heavy atom. The maximum atomic E-state index is 12.7. The zero-order chi connectivity index (χ0) is 23.8. The summed E-state index contributed by atoms with van der Waals surface area (Å²) >= 11 is 6.53. The number of carbonyl (C=O) groups is 1. The molecule has 1 aromatic heterocycles. The van der Waals surface area contributed by atoms with Crippen molar-refractivity contribution in [2.24, 2.45) is 0 Å². The third kappa shape index (κ3) is 3.91. The van der Waals surface area contributed by atoms with Gasteiger partial charge in [0.2, 0.25) is 0 Å². The lowest BCUT2D eigenvalue weighted by Crippen LogP contribution is -2.12. The first-order valence-corrected chi connectivity index (χ1v) is 10.7. The van der Waals surface area contributed by atoms with Crippen LogP contribution in [0.25, 0.3) is 44.5 Å². The molecule has 166 valence electrons. The number of aromatic hydroxyl groups is 1. The molecule has 7 heteroatoms. The van der Waals surface area contributed by atoms with Crippen LogP contribution < -0.4 is 5.56 Å². The molecule has 5 aromatic rings. The Morgan fingerprint density at radius 3 is 2.24 bits per heavy atom. The van der Waals surface area contributed by atoms with Crippen molar-refractivity contribution < 1.29 is 15.0 Å². The number of phenolic OH excluding ortho intramolecular Hbond substituents is 1. The zero-order valence-corrected chi connectivity index (χ0v) is 18.4. The van der Waals surface area contributed by atoms with E-state index in [1.807, 2.05) is 36.4 Å². The lowest BCUT2D eigenvalue weighted by atomic mass is 9.99. The highest BCUT2D eigenvalue weighted by Gasteiger charge is 2.13. The Morgan fingerprint density at radius 1 is 0.824 bits per heavy atom. The monoisotopic (exact) mass is 468 g/mol. The Kier molecular flexibility index (Phi) is 5.36. The Balaban J connectivity index is 1.59. The van der Waals surface area contributed by atoms with Crippen molar-refractivity contribution in [1.29, 1.82) is 0 Å². The van der Waals surface area contributed by atoms with Gasteiger partial charge in [0.1, 0.15) is 11.4 Å². The molecule has 34 heavy (non-hydrogen) atoms. The molecular formula is C27H17ClN2O4. The number of phenols is 1. The predicted octanol–water partition coefficient (Wildman–Crippen LogP) is 5.98. The number of aromatic amines is 1. The summed E-state index contributed by atoms with van der Waals surface area (Å²) in [5, 5.41) is 19.8. The second-order valence-electron chi connectivity index (χ2n) is 7.74. The van der Waals surface area contributed by atoms with Gasteiger partial charge >= 0.3 is 5.97 Å². The van der Waals surface area contributed by atoms with Crippen LogP contribution in [0, 0.1) is 0 Å². The summed E-state index contributed by atoms with van der Waals surface area (Å²) in [4.78, 5) is 31.3. The van der Waals surface area contributed by atoms with Gasteiger partial charge < -0.3 is 15.2 Å². The molecule has 0 amide bonds. The number of fused-ring (bicyclic) bond motifs is 1. The van der Waals surface area contributed by atoms with Gasteiger partial charge in [0, 0.05) is 16.7 Å². The number of aromatic carboxylic acids is 1. The molecule has 1 heterocycles. The van der Waals surface area contributed by atoms with Crippen molar-refractivity contribution in [3.05, 3.63) is 106 Å². The van der Waals surface area contributed by atoms with Crippen molar-refractivity contribution in [3.8, 4) is 39.3 Å². The quantitative estimate of drug-likeness (QED) is 0.301. The topological polar surface area (TPSA) is 103 Å². The van der Waals surface area contributed by atoms with Gasteiger partial charge in [-0.05, 0) is 41.5 Å². The van der Waals surface area contributed by atoms with Crippen molar-refractivity contribution in [2.45, 2.75) is 0 Å². The Hall–Kier alpha value is -4.42. The molecule has 4 aromatic carbocycles. The van der Waals surface area contributed by atoms with E-state index in [-0.39, 0.29) is 17.0 Å². The summed E-state index contributed by atoms with van der Waals surface area (Å²) in [5.41, 5.74) is 4.31. The number of benzene rings is 4. The molecule has 0 radical (unpaired) electrons. The van der Waals surface area contributed by atoms with Gasteiger partial charge in [-0.2, -0.15) is 0 Å². The van der Waals surface area contributed by atoms with E-state index in [4.69, 9.17) is 11.6 Å². The highest BCUT2D eigenvalue weighted by atomic mass is 35.5. The van der Waals surface area contributed by atoms with Gasteiger partial charge in [-0.1, -0.05) is 66.2 Å². The van der Waals surface area contributed by atoms with Crippen molar-refractivity contribution in [1.82, 2.24) is 9.97 Å². The predicted molar refractivity (Wildman–Crippen MR) is 132 cm³/mol. The van der Waals surface area contributed by atoms with Gasteiger partial charge in [-0.25, -0.2) is 9.78 Å². The van der Waals surface area contributed by atoms with Gasteiger partial charge in [0.05, 0.1) is 21.6 Å². The average Bonchev–Trinajstić information content (AvgIpc) is 2.84. The Labute approximate surface area is 198 Å². The van der Waals surface area contributed by atoms with Crippen LogP contribution in [0.1, 0.15) is 10.4 Å². The van der Waals surface area contributed by atoms with E-state index in [9.17, 15) is 19.8 Å². The minimum atomic E-state index is -1.08. The van der Waals surface area contributed by atoms with Crippen LogP contribution in [0.15, 0.2) is 89.7 Å². The molecule has 3 N–H and O–H groups in total. The molecule has 0 saturated carbocycles. The summed E-state index contributed by atoms with van der Waals surface area (Å²) in [6, 6.07) is 24.2. The molecule has 0 fully saturated rings. The normalized spacial score (nSPS) is 11.0. The molecule has 5 rings (SSSR count). The lowest BCUT2D eigenvalue weighted by molar-refractivity contribution is 0.0697. The van der Waals surface area contributed by atoms with Crippen molar-refractivity contribution >= 4 is 28.6 Å². The number of nitrogens with zero attached hydrogens (tertiary/aromatic N) is 1. The summed E-state index contributed by atoms with van der Waals surface area (Å²) in [7, 11) is 0. The number of H-pyrrole nitrogens is 1. The molecular weight excluding hydrogens is 452 g/mol. The van der Waals surface area contributed by atoms with E-state index in [0.717, 1.165) is 22.3 Å². The minimum absolute atomic E-state index is 0.0696. The molecule has 0 bridgehead atoms. The van der Waals surface area contributed by atoms with Crippen LogP contribution in [-0.2, 0) is 0 Å². The van der Waals surface area contributed by atoms with Crippen LogP contribution >= 0.6 is 11.6 Å². The van der Waals surface area contributed by atoms with Gasteiger partial charge in [0.25, 0.3) is 5.56 Å². The maximum absolute atomic E-state index is 12.7. The van der Waals surface area contributed by atoms with E-state index in [0.29, 0.717) is 21.6 Å². The number of para-hydroxylation sites is 1. The minimum Gasteiger partial charge on any atom is -0.507 e. The van der Waals surface area contributed by atoms with Crippen LogP contribution in [0.5, 0.6) is 5.75 Å². The van der Waals surface area contributed by atoms with E-state index in [1.54, 1.807) is 36.4 Å². The third-order valence-corrected chi connectivity index (χ3v) is 5.89. The number of halogens is 1. The molecule has 0 aliphatic rings. The van der Waals surface area contributed by atoms with Gasteiger partial charge in [-0.15, -0.1) is 0 Å². The highest BCUT2D eigenvalue weighted by Crippen LogP contribution is 2.34. The van der Waals surface area contributed by atoms with Gasteiger partial charge in [-0.3, -0.25) is 4.79 Å². The first kappa shape index (κ1) is 21.4. The molecule has 0 unspecified atom stereocenters. The Bertz CT molecular complexity index is 1620. The molecule has 0 atom stereocenters. The van der Waals surface area contributed by atoms with Crippen LogP contribution in [0.2, 0.25) is 5.02 Å². The lowest BCUT2D eigenvalue weighted by Gasteiger charge is -2.10. The first-order valence-electron chi connectivity index (χ1n) is 10.4. The smallest absolute Gasteiger partial charge is 0.335 e. The second kappa shape index (κ2) is 8.50. The van der Waals surface area contributed by atoms with Crippen LogP contribution in [0.4, 0.5) is 0 Å². The summed E-state index contributed by atoms with van der Waals surface area (Å²) < 4.78 is 0. The fourth-order valence-corrected chi connectivity index (χ4v) is 4.14. The van der Waals surface area contributed by atoms with Crippen molar-refractivity contribution in [2.75, 3.05) is 0 Å². The number of carboxylic acid groups (broad SMARTS) is 1. The van der Waals surface area contributed by atoms with Crippen LogP contribution in [-0.4, -0.2) is 26.2 Å². The SMILES string of the molecule is O=C(O)c1cccc(-c2nc3cc(-c4ccc(-c5ccccc5O)cc4)c(Cl)cc3[nH]c2=O)c1. The van der Waals surface area contributed by atoms with E-state index in [2.05, 4.69) is 9.97 Å². The number of aromatic nitrogens is 2. The van der Waals surface area contributed by atoms with Crippen LogP contribution in [0.3, 0.4) is 0 Å². The highest BCUT2D eigenvalue weighted by molar-refractivity contribution is 6.34. The molecule has 0 spiro atoms. The number of hydrogen-bond donors (Lipinski definition) is 3. The van der Waals surface area contributed by atoms with E-state index < -0.39 is 11.5 Å². The first-order chi connectivity index (χ1) is 16.4. The van der Waals surface area contributed by atoms with E-state index >= 15 is 0 Å². The number of nitrogens with one attached hydrogen (secondary N) is 1. The maximum Gasteiger partial charge on any atom is 0.335 e. The third-order valence-electron chi connectivity index (χ3n) is 5.57. The van der Waals surface area contributed by atoms with Gasteiger partial charge in [0.15, 0.2) is 0 Å². The molecule has 6 nitrogen and oxygen atoms in total. The molecule has 0 saturated heterocycles. The second-order valence-corrected chi connectivity index (χ2v) is 8.15. The summed E-state index contributed by atoms with van der Waals surface area (Å²) in [5.74, 6) is -0.882.